The summed E-state index contributed by atoms with van der Waals surface area (Å²) in [5.74, 6) is -0.0461. The van der Waals surface area contributed by atoms with Crippen molar-refractivity contribution in [2.75, 3.05) is 19.6 Å². The highest BCUT2D eigenvalue weighted by molar-refractivity contribution is 6.05. The van der Waals surface area contributed by atoms with Crippen molar-refractivity contribution < 1.29 is 19.1 Å². The Hall–Kier alpha value is -6.03. The minimum atomic E-state index is -0.643. The van der Waals surface area contributed by atoms with Gasteiger partial charge in [0.25, 0.3) is 17.8 Å². The Balaban J connectivity index is 1.43. The van der Waals surface area contributed by atoms with Crippen LogP contribution >= 0.6 is 0 Å². The van der Waals surface area contributed by atoms with Crippen molar-refractivity contribution >= 4 is 23.8 Å². The first-order valence-corrected chi connectivity index (χ1v) is 13.3. The molecule has 10 heteroatoms. The van der Waals surface area contributed by atoms with Crippen LogP contribution in [0.2, 0.25) is 0 Å². The van der Waals surface area contributed by atoms with E-state index >= 15 is 0 Å². The number of amides is 2. The lowest BCUT2D eigenvalue weighted by molar-refractivity contribution is -0.117. The number of methoxy groups -OCH3 is 2. The predicted octanol–water partition coefficient (Wildman–Crippen LogP) is 5.14. The van der Waals surface area contributed by atoms with Gasteiger partial charge in [0.05, 0.1) is 14.2 Å². The molecule has 0 saturated carbocycles. The number of nitrogens with one attached hydrogen (secondary N) is 3. The van der Waals surface area contributed by atoms with Crippen LogP contribution in [0.25, 0.3) is 28.6 Å². The number of anilines is 1. The molecule has 214 valence electrons. The van der Waals surface area contributed by atoms with Gasteiger partial charge in [-0.1, -0.05) is 84.9 Å². The van der Waals surface area contributed by atoms with Crippen molar-refractivity contribution in [3.63, 3.8) is 0 Å². The highest BCUT2D eigenvalue weighted by Gasteiger charge is 2.17. The summed E-state index contributed by atoms with van der Waals surface area (Å²) in [6.07, 6.45) is 1.52. The Morgan fingerprint density at radius 2 is 1.30 bits per heavy atom. The van der Waals surface area contributed by atoms with Crippen molar-refractivity contribution in [2.45, 2.75) is 0 Å². The van der Waals surface area contributed by atoms with E-state index in [9.17, 15) is 9.59 Å². The smallest absolute Gasteiger partial charge is 0.286 e. The molecule has 10 nitrogen and oxygen atoms in total. The Morgan fingerprint density at radius 1 is 0.698 bits per heavy atom. The largest absolute Gasteiger partial charge is 0.493 e. The number of hydrogen-bond donors (Lipinski definition) is 3. The second kappa shape index (κ2) is 13.6. The normalized spacial score (nSPS) is 10.9. The summed E-state index contributed by atoms with van der Waals surface area (Å²) in [6.45, 7) is 0. The van der Waals surface area contributed by atoms with Gasteiger partial charge in [-0.3, -0.25) is 20.4 Å². The molecule has 2 amide bonds. The lowest BCUT2D eigenvalue weighted by Crippen LogP contribution is -2.38. The van der Waals surface area contributed by atoms with E-state index in [-0.39, 0.29) is 11.6 Å². The zero-order valence-corrected chi connectivity index (χ0v) is 23.4. The van der Waals surface area contributed by atoms with Crippen molar-refractivity contribution in [1.29, 1.82) is 0 Å². The minimum absolute atomic E-state index is 0.0364. The Labute approximate surface area is 248 Å². The van der Waals surface area contributed by atoms with Crippen LogP contribution in [0.1, 0.15) is 15.9 Å². The number of hydrazine groups is 1. The van der Waals surface area contributed by atoms with Gasteiger partial charge in [0.1, 0.15) is 17.1 Å². The number of hydrogen-bond acceptors (Lipinski definition) is 8. The number of ether oxygens (including phenoxy) is 2. The van der Waals surface area contributed by atoms with Crippen LogP contribution in [-0.4, -0.2) is 41.2 Å². The molecule has 0 aliphatic carbocycles. The monoisotopic (exact) mass is 572 g/mol. The van der Waals surface area contributed by atoms with Crippen LogP contribution in [0.15, 0.2) is 115 Å². The average Bonchev–Trinajstić information content (AvgIpc) is 3.07. The maximum Gasteiger partial charge on any atom is 0.286 e. The summed E-state index contributed by atoms with van der Waals surface area (Å²) in [5, 5.41) is 11.3. The van der Waals surface area contributed by atoms with Crippen LogP contribution in [0.4, 0.5) is 5.95 Å². The van der Waals surface area contributed by atoms with Gasteiger partial charge in [-0.2, -0.15) is 0 Å². The fourth-order valence-corrected chi connectivity index (χ4v) is 4.20. The molecule has 43 heavy (non-hydrogen) atoms. The Morgan fingerprint density at radius 3 is 1.93 bits per heavy atom. The van der Waals surface area contributed by atoms with Gasteiger partial charge in [-0.15, -0.1) is 10.2 Å². The quantitative estimate of drug-likeness (QED) is 0.155. The van der Waals surface area contributed by atoms with E-state index in [1.54, 1.807) is 48.5 Å². The first-order chi connectivity index (χ1) is 21.1. The maximum absolute atomic E-state index is 13.4. The molecule has 5 rings (SSSR count). The SMILES string of the molecule is COc1ccc(/C=C(\NC(=O)c2ccccc2)C(=O)NNc2nnc(-c3ccccc3)c(-c3ccccc3)n2)cc1OC. The fourth-order valence-electron chi connectivity index (χ4n) is 4.20. The minimum Gasteiger partial charge on any atom is -0.493 e. The third-order valence-electron chi connectivity index (χ3n) is 6.32. The first-order valence-electron chi connectivity index (χ1n) is 13.3. The highest BCUT2D eigenvalue weighted by Crippen LogP contribution is 2.29. The molecule has 1 aromatic heterocycles. The van der Waals surface area contributed by atoms with E-state index in [1.807, 2.05) is 60.7 Å². The summed E-state index contributed by atoms with van der Waals surface area (Å²) >= 11 is 0. The molecule has 0 bridgehead atoms. The highest BCUT2D eigenvalue weighted by atomic mass is 16.5. The standard InChI is InChI=1S/C33H28N6O4/c1-42-27-19-18-22(21-28(27)43-2)20-26(34-31(40)25-16-10-5-11-17-25)32(41)37-39-33-35-29(23-12-6-3-7-13-23)30(36-38-33)24-14-8-4-9-15-24/h3-21H,1-2H3,(H,34,40)(H,37,41)(H,35,38,39)/b26-20-. The van der Waals surface area contributed by atoms with E-state index in [2.05, 4.69) is 31.3 Å². The number of rotatable bonds is 10. The molecule has 0 saturated heterocycles. The van der Waals surface area contributed by atoms with Crippen LogP contribution in [-0.2, 0) is 4.79 Å². The Bertz CT molecular complexity index is 1750. The van der Waals surface area contributed by atoms with Crippen molar-refractivity contribution in [2.24, 2.45) is 0 Å². The third-order valence-corrected chi connectivity index (χ3v) is 6.32. The number of nitrogens with zero attached hydrogens (tertiary/aromatic N) is 3. The summed E-state index contributed by atoms with van der Waals surface area (Å²) in [6, 6.07) is 32.9. The molecule has 0 unspecified atom stereocenters. The fraction of sp³-hybridized carbons (Fsp3) is 0.0606. The lowest BCUT2D eigenvalue weighted by Gasteiger charge is -2.14. The molecule has 1 heterocycles. The van der Waals surface area contributed by atoms with Crippen molar-refractivity contribution in [1.82, 2.24) is 25.9 Å². The van der Waals surface area contributed by atoms with Gasteiger partial charge >= 0.3 is 0 Å². The zero-order chi connectivity index (χ0) is 30.0. The number of carbonyl (C=O) groups excluding carboxylic acids is 2. The van der Waals surface area contributed by atoms with Crippen molar-refractivity contribution in [3.8, 4) is 34.0 Å². The Kier molecular flexibility index (Phi) is 8.98. The molecule has 0 spiro atoms. The second-order valence-electron chi connectivity index (χ2n) is 9.14. The molecular formula is C33H28N6O4. The van der Waals surface area contributed by atoms with Crippen LogP contribution in [0.3, 0.4) is 0 Å². The lowest BCUT2D eigenvalue weighted by atomic mass is 10.0. The van der Waals surface area contributed by atoms with Gasteiger partial charge in [0.15, 0.2) is 11.5 Å². The molecule has 0 radical (unpaired) electrons. The average molecular weight is 573 g/mol. The summed E-state index contributed by atoms with van der Waals surface area (Å²) in [7, 11) is 3.05. The summed E-state index contributed by atoms with van der Waals surface area (Å²) in [5.41, 5.74) is 9.09. The molecule has 0 fully saturated rings. The van der Waals surface area contributed by atoms with Crippen LogP contribution in [0.5, 0.6) is 11.5 Å². The van der Waals surface area contributed by atoms with Crippen LogP contribution in [0, 0.1) is 0 Å². The van der Waals surface area contributed by atoms with Gasteiger partial charge in [0, 0.05) is 16.7 Å². The van der Waals surface area contributed by atoms with E-state index in [1.165, 1.54) is 20.3 Å². The maximum atomic E-state index is 13.4. The number of carbonyl (C=O) groups is 2. The molecule has 0 atom stereocenters. The second-order valence-corrected chi connectivity index (χ2v) is 9.14. The predicted molar refractivity (Wildman–Crippen MR) is 164 cm³/mol. The summed E-state index contributed by atoms with van der Waals surface area (Å²) in [4.78, 5) is 31.1. The van der Waals surface area contributed by atoms with Gasteiger partial charge < -0.3 is 14.8 Å². The van der Waals surface area contributed by atoms with Gasteiger partial charge in [-0.05, 0) is 35.9 Å². The number of benzene rings is 4. The van der Waals surface area contributed by atoms with Gasteiger partial charge in [-0.25, -0.2) is 4.98 Å². The molecule has 3 N–H and O–H groups in total. The molecular weight excluding hydrogens is 544 g/mol. The number of aromatic nitrogens is 3. The molecule has 0 aliphatic rings. The molecule has 4 aromatic carbocycles. The first kappa shape index (κ1) is 28.5. The van der Waals surface area contributed by atoms with E-state index in [0.29, 0.717) is 34.0 Å². The zero-order valence-electron chi connectivity index (χ0n) is 23.4. The summed E-state index contributed by atoms with van der Waals surface area (Å²) < 4.78 is 10.7. The van der Waals surface area contributed by atoms with E-state index < -0.39 is 11.8 Å². The van der Waals surface area contributed by atoms with Gasteiger partial charge in [0.2, 0.25) is 0 Å². The molecule has 0 aliphatic heterocycles. The molecule has 5 aromatic rings. The van der Waals surface area contributed by atoms with E-state index in [4.69, 9.17) is 9.47 Å². The van der Waals surface area contributed by atoms with Crippen LogP contribution < -0.4 is 25.6 Å². The third kappa shape index (κ3) is 7.01. The topological polar surface area (TPSA) is 127 Å². The van der Waals surface area contributed by atoms with Crippen molar-refractivity contribution in [3.05, 3.63) is 126 Å². The van der Waals surface area contributed by atoms with E-state index in [0.717, 1.165) is 11.1 Å².